The minimum atomic E-state index is -0.564. The lowest BCUT2D eigenvalue weighted by Gasteiger charge is -2.25. The normalized spacial score (nSPS) is 15.1. The summed E-state index contributed by atoms with van der Waals surface area (Å²) in [4.78, 5) is 27.0. The van der Waals surface area contributed by atoms with Crippen molar-refractivity contribution >= 4 is 23.5 Å². The Bertz CT molecular complexity index is 1050. The van der Waals surface area contributed by atoms with Gasteiger partial charge in [0.05, 0.1) is 31.1 Å². The van der Waals surface area contributed by atoms with Crippen LogP contribution in [0.25, 0.3) is 0 Å². The average Bonchev–Trinajstić information content (AvgIpc) is 3.30. The number of nitrogens with zero attached hydrogens (tertiary/aromatic N) is 3. The first-order valence-electron chi connectivity index (χ1n) is 9.22. The Morgan fingerprint density at radius 3 is 2.62 bits per heavy atom. The van der Waals surface area contributed by atoms with E-state index in [0.717, 1.165) is 5.56 Å². The van der Waals surface area contributed by atoms with Gasteiger partial charge >= 0.3 is 12.0 Å². The number of benzene rings is 2. The predicted molar refractivity (Wildman–Crippen MR) is 105 cm³/mol. The van der Waals surface area contributed by atoms with Crippen LogP contribution >= 0.6 is 0 Å². The van der Waals surface area contributed by atoms with E-state index in [0.29, 0.717) is 12.4 Å². The lowest BCUT2D eigenvalue weighted by molar-refractivity contribution is 0.0527. The number of aromatic nitrogens is 2. The van der Waals surface area contributed by atoms with Crippen LogP contribution in [0.5, 0.6) is 0 Å². The van der Waals surface area contributed by atoms with Gasteiger partial charge in [-0.1, -0.05) is 42.5 Å². The van der Waals surface area contributed by atoms with Crippen LogP contribution < -0.4 is 10.2 Å². The third-order valence-corrected chi connectivity index (χ3v) is 4.71. The standard InChI is InChI=1S/C21H19FN4O3/c1-2-29-20(27)15-12-23-25-13-18(14-8-4-3-5-9-14)26(19(15)25)21(28)24-17-11-7-6-10-16(17)22/h3-12,18H,2,13H2,1H3,(H,24,28). The summed E-state index contributed by atoms with van der Waals surface area (Å²) >= 11 is 0. The topological polar surface area (TPSA) is 76.5 Å². The Labute approximate surface area is 166 Å². The molecule has 0 saturated heterocycles. The molecule has 0 fully saturated rings. The number of halogens is 1. The van der Waals surface area contributed by atoms with Crippen LogP contribution in [0.4, 0.5) is 20.7 Å². The zero-order valence-electron chi connectivity index (χ0n) is 15.7. The molecular weight excluding hydrogens is 375 g/mol. The summed E-state index contributed by atoms with van der Waals surface area (Å²) in [6, 6.07) is 14.4. The van der Waals surface area contributed by atoms with E-state index in [4.69, 9.17) is 4.74 Å². The van der Waals surface area contributed by atoms with Gasteiger partial charge in [0, 0.05) is 0 Å². The molecule has 0 radical (unpaired) electrons. The second-order valence-electron chi connectivity index (χ2n) is 6.49. The summed E-state index contributed by atoms with van der Waals surface area (Å²) < 4.78 is 20.8. The van der Waals surface area contributed by atoms with E-state index in [1.54, 1.807) is 23.7 Å². The molecule has 148 valence electrons. The summed E-state index contributed by atoms with van der Waals surface area (Å²) in [5.41, 5.74) is 1.12. The van der Waals surface area contributed by atoms with Gasteiger partial charge in [-0.3, -0.25) is 4.90 Å². The molecule has 29 heavy (non-hydrogen) atoms. The molecule has 3 aromatic rings. The van der Waals surface area contributed by atoms with Gasteiger partial charge in [-0.2, -0.15) is 5.10 Å². The first-order valence-corrected chi connectivity index (χ1v) is 9.22. The highest BCUT2D eigenvalue weighted by Crippen LogP contribution is 2.38. The zero-order valence-corrected chi connectivity index (χ0v) is 15.7. The number of amides is 2. The van der Waals surface area contributed by atoms with Crippen molar-refractivity contribution in [2.75, 3.05) is 16.8 Å². The second-order valence-corrected chi connectivity index (χ2v) is 6.49. The van der Waals surface area contributed by atoms with E-state index in [-0.39, 0.29) is 17.9 Å². The molecule has 0 bridgehead atoms. The van der Waals surface area contributed by atoms with Crippen LogP contribution in [0.1, 0.15) is 28.9 Å². The molecule has 1 atom stereocenters. The molecule has 1 N–H and O–H groups in total. The van der Waals surface area contributed by atoms with Gasteiger partial charge in [0.15, 0.2) is 0 Å². The van der Waals surface area contributed by atoms with Crippen molar-refractivity contribution in [2.24, 2.45) is 0 Å². The van der Waals surface area contributed by atoms with Crippen LogP contribution in [0.2, 0.25) is 0 Å². The number of hydrogen-bond donors (Lipinski definition) is 1. The zero-order chi connectivity index (χ0) is 20.4. The molecule has 4 rings (SSSR count). The van der Waals surface area contributed by atoms with Gasteiger partial charge in [0.1, 0.15) is 17.2 Å². The second kappa shape index (κ2) is 7.75. The summed E-state index contributed by atoms with van der Waals surface area (Å²) in [5, 5.41) is 6.85. The van der Waals surface area contributed by atoms with Gasteiger partial charge < -0.3 is 10.1 Å². The highest BCUT2D eigenvalue weighted by molar-refractivity contribution is 6.06. The average molecular weight is 394 g/mol. The number of ether oxygens (including phenoxy) is 1. The van der Waals surface area contributed by atoms with Crippen LogP contribution in [-0.2, 0) is 11.3 Å². The van der Waals surface area contributed by atoms with E-state index < -0.39 is 23.9 Å². The largest absolute Gasteiger partial charge is 0.462 e. The number of carbonyl (C=O) groups is 2. The highest BCUT2D eigenvalue weighted by atomic mass is 19.1. The Morgan fingerprint density at radius 1 is 1.17 bits per heavy atom. The number of urea groups is 1. The van der Waals surface area contributed by atoms with Crippen LogP contribution in [-0.4, -0.2) is 28.4 Å². The van der Waals surface area contributed by atoms with Crippen LogP contribution in [0, 0.1) is 5.82 Å². The van der Waals surface area contributed by atoms with Crippen LogP contribution in [0.15, 0.2) is 60.8 Å². The molecule has 7 nitrogen and oxygen atoms in total. The van der Waals surface area contributed by atoms with Crippen molar-refractivity contribution in [1.29, 1.82) is 0 Å². The van der Waals surface area contributed by atoms with E-state index in [9.17, 15) is 14.0 Å². The molecule has 8 heteroatoms. The molecule has 1 aliphatic rings. The first-order chi connectivity index (χ1) is 14.1. The van der Waals surface area contributed by atoms with E-state index in [1.165, 1.54) is 23.2 Å². The minimum absolute atomic E-state index is 0.0555. The van der Waals surface area contributed by atoms with Crippen molar-refractivity contribution < 1.29 is 18.7 Å². The molecule has 0 aliphatic carbocycles. The van der Waals surface area contributed by atoms with Crippen molar-refractivity contribution in [3.05, 3.63) is 77.7 Å². The molecule has 0 saturated carbocycles. The molecule has 2 heterocycles. The minimum Gasteiger partial charge on any atom is -0.462 e. The SMILES string of the molecule is CCOC(=O)c1cnn2c1N(C(=O)Nc1ccccc1F)C(c1ccccc1)C2. The fourth-order valence-electron chi connectivity index (χ4n) is 3.42. The molecule has 1 aliphatic heterocycles. The van der Waals surface area contributed by atoms with E-state index in [1.807, 2.05) is 30.3 Å². The summed E-state index contributed by atoms with van der Waals surface area (Å²) in [5.74, 6) is -0.785. The van der Waals surface area contributed by atoms with Gasteiger partial charge in [-0.15, -0.1) is 0 Å². The smallest absolute Gasteiger partial charge is 0.343 e. The molecular formula is C21H19FN4O3. The molecule has 0 spiro atoms. The van der Waals surface area contributed by atoms with Gasteiger partial charge in [-0.05, 0) is 24.6 Å². The third kappa shape index (κ3) is 3.44. The number of nitrogens with one attached hydrogen (secondary N) is 1. The fraction of sp³-hybridized carbons (Fsp3) is 0.190. The Hall–Kier alpha value is -3.68. The lowest BCUT2D eigenvalue weighted by atomic mass is 10.1. The lowest BCUT2D eigenvalue weighted by Crippen LogP contribution is -2.37. The number of fused-ring (bicyclic) bond motifs is 1. The van der Waals surface area contributed by atoms with E-state index >= 15 is 0 Å². The first kappa shape index (κ1) is 18.7. The monoisotopic (exact) mass is 394 g/mol. The van der Waals surface area contributed by atoms with Crippen LogP contribution in [0.3, 0.4) is 0 Å². The number of anilines is 2. The van der Waals surface area contributed by atoms with Crippen molar-refractivity contribution in [1.82, 2.24) is 9.78 Å². The van der Waals surface area contributed by atoms with Gasteiger partial charge in [-0.25, -0.2) is 18.7 Å². The summed E-state index contributed by atoms with van der Waals surface area (Å²) in [6.45, 7) is 2.27. The molecule has 2 amide bonds. The number of carbonyl (C=O) groups excluding carboxylic acids is 2. The quantitative estimate of drug-likeness (QED) is 0.679. The number of esters is 1. The Morgan fingerprint density at radius 2 is 1.90 bits per heavy atom. The number of para-hydroxylation sites is 1. The number of rotatable bonds is 4. The summed E-state index contributed by atoms with van der Waals surface area (Å²) in [7, 11) is 0. The van der Waals surface area contributed by atoms with E-state index in [2.05, 4.69) is 10.4 Å². The number of hydrogen-bond acceptors (Lipinski definition) is 4. The Balaban J connectivity index is 1.74. The maximum Gasteiger partial charge on any atom is 0.343 e. The van der Waals surface area contributed by atoms with Crippen molar-refractivity contribution in [2.45, 2.75) is 19.5 Å². The van der Waals surface area contributed by atoms with Gasteiger partial charge in [0.2, 0.25) is 0 Å². The fourth-order valence-corrected chi connectivity index (χ4v) is 3.42. The maximum absolute atomic E-state index is 14.1. The maximum atomic E-state index is 14.1. The molecule has 1 aromatic heterocycles. The third-order valence-electron chi connectivity index (χ3n) is 4.71. The predicted octanol–water partition coefficient (Wildman–Crippen LogP) is 3.99. The molecule has 1 unspecified atom stereocenters. The van der Waals surface area contributed by atoms with Crippen molar-refractivity contribution in [3.8, 4) is 0 Å². The Kier molecular flexibility index (Phi) is 4.99. The summed E-state index contributed by atoms with van der Waals surface area (Å²) in [6.07, 6.45) is 1.39. The highest BCUT2D eigenvalue weighted by Gasteiger charge is 2.40. The molecule has 2 aromatic carbocycles. The van der Waals surface area contributed by atoms with Gasteiger partial charge in [0.25, 0.3) is 0 Å². The van der Waals surface area contributed by atoms with Crippen molar-refractivity contribution in [3.63, 3.8) is 0 Å².